The monoisotopic (exact) mass is 597 g/mol. The van der Waals surface area contributed by atoms with Gasteiger partial charge in [0.25, 0.3) is 0 Å². The summed E-state index contributed by atoms with van der Waals surface area (Å²) in [7, 11) is -3.87. The SMILES string of the molecule is CCC(C(=O)NC1CCCC1)N(Cc1ccc(Cl)cc1Cl)C(=O)CN(c1ccc2c(c1)OCO2)S(=O)(=O)CC. The zero-order valence-corrected chi connectivity index (χ0v) is 24.3. The van der Waals surface area contributed by atoms with Gasteiger partial charge >= 0.3 is 0 Å². The van der Waals surface area contributed by atoms with E-state index < -0.39 is 28.5 Å². The van der Waals surface area contributed by atoms with Crippen LogP contribution in [-0.2, 0) is 26.2 Å². The van der Waals surface area contributed by atoms with Crippen molar-refractivity contribution in [1.29, 1.82) is 0 Å². The average Bonchev–Trinajstić information content (AvgIpc) is 3.59. The molecule has 2 aromatic carbocycles. The number of hydrogen-bond acceptors (Lipinski definition) is 6. The lowest BCUT2D eigenvalue weighted by atomic mass is 10.1. The summed E-state index contributed by atoms with van der Waals surface area (Å²) >= 11 is 12.5. The van der Waals surface area contributed by atoms with Gasteiger partial charge in [0.15, 0.2) is 11.5 Å². The Morgan fingerprint density at radius 2 is 1.77 bits per heavy atom. The first-order valence-electron chi connectivity index (χ1n) is 13.1. The molecule has 1 atom stereocenters. The van der Waals surface area contributed by atoms with Crippen molar-refractivity contribution in [2.45, 2.75) is 64.6 Å². The van der Waals surface area contributed by atoms with Gasteiger partial charge in [0.05, 0.1) is 11.4 Å². The third-order valence-electron chi connectivity index (χ3n) is 7.07. The molecule has 39 heavy (non-hydrogen) atoms. The first kappa shape index (κ1) is 29.3. The van der Waals surface area contributed by atoms with Crippen LogP contribution in [0.3, 0.4) is 0 Å². The van der Waals surface area contributed by atoms with Gasteiger partial charge in [0, 0.05) is 28.7 Å². The molecule has 0 aromatic heterocycles. The van der Waals surface area contributed by atoms with Crippen LogP contribution in [0.15, 0.2) is 36.4 Å². The minimum atomic E-state index is -3.87. The summed E-state index contributed by atoms with van der Waals surface area (Å²) < 4.78 is 38.2. The van der Waals surface area contributed by atoms with E-state index in [1.807, 2.05) is 6.92 Å². The van der Waals surface area contributed by atoms with E-state index in [1.165, 1.54) is 17.9 Å². The Morgan fingerprint density at radius 1 is 1.05 bits per heavy atom. The highest BCUT2D eigenvalue weighted by Gasteiger charge is 2.34. The molecule has 0 bridgehead atoms. The Kier molecular flexibility index (Phi) is 9.51. The van der Waals surface area contributed by atoms with Crippen LogP contribution >= 0.6 is 23.2 Å². The zero-order chi connectivity index (χ0) is 28.2. The van der Waals surface area contributed by atoms with Gasteiger partial charge in [0.2, 0.25) is 28.6 Å². The van der Waals surface area contributed by atoms with Crippen LogP contribution in [0.1, 0.15) is 51.5 Å². The number of sulfonamides is 1. The molecule has 1 aliphatic heterocycles. The molecule has 1 N–H and O–H groups in total. The Bertz CT molecular complexity index is 1320. The lowest BCUT2D eigenvalue weighted by Crippen LogP contribution is -2.53. The predicted octanol–water partition coefficient (Wildman–Crippen LogP) is 4.74. The number of amides is 2. The normalized spacial score (nSPS) is 15.7. The fraction of sp³-hybridized carbons (Fsp3) is 0.481. The van der Waals surface area contributed by atoms with Crippen molar-refractivity contribution in [3.63, 3.8) is 0 Å². The summed E-state index contributed by atoms with van der Waals surface area (Å²) in [5.74, 6) is -0.146. The third kappa shape index (κ3) is 6.91. The maximum atomic E-state index is 14.0. The van der Waals surface area contributed by atoms with Gasteiger partial charge in [-0.15, -0.1) is 0 Å². The number of rotatable bonds is 11. The number of benzene rings is 2. The molecule has 12 heteroatoms. The van der Waals surface area contributed by atoms with Crippen molar-refractivity contribution in [2.24, 2.45) is 0 Å². The van der Waals surface area contributed by atoms with E-state index in [4.69, 9.17) is 32.7 Å². The molecule has 2 amide bonds. The second kappa shape index (κ2) is 12.7. The van der Waals surface area contributed by atoms with Crippen molar-refractivity contribution in [3.05, 3.63) is 52.0 Å². The Hall–Kier alpha value is -2.69. The molecule has 1 saturated carbocycles. The summed E-state index contributed by atoms with van der Waals surface area (Å²) in [5.41, 5.74) is 0.858. The Morgan fingerprint density at radius 3 is 2.44 bits per heavy atom. The number of carbonyl (C=O) groups is 2. The highest BCUT2D eigenvalue weighted by Crippen LogP contribution is 2.36. The maximum Gasteiger partial charge on any atom is 0.244 e. The fourth-order valence-electron chi connectivity index (χ4n) is 4.88. The van der Waals surface area contributed by atoms with Crippen molar-refractivity contribution >= 4 is 50.7 Å². The maximum absolute atomic E-state index is 14.0. The van der Waals surface area contributed by atoms with Crippen LogP contribution in [0, 0.1) is 0 Å². The van der Waals surface area contributed by atoms with Crippen LogP contribution in [-0.4, -0.2) is 56.3 Å². The molecular weight excluding hydrogens is 565 g/mol. The Balaban J connectivity index is 1.67. The lowest BCUT2D eigenvalue weighted by molar-refractivity contribution is -0.140. The number of hydrogen-bond donors (Lipinski definition) is 1. The number of anilines is 1. The second-order valence-corrected chi connectivity index (χ2v) is 12.6. The van der Waals surface area contributed by atoms with E-state index in [2.05, 4.69) is 5.32 Å². The van der Waals surface area contributed by atoms with E-state index in [9.17, 15) is 18.0 Å². The quantitative estimate of drug-likeness (QED) is 0.401. The van der Waals surface area contributed by atoms with Crippen molar-refractivity contribution in [3.8, 4) is 11.5 Å². The molecule has 9 nitrogen and oxygen atoms in total. The van der Waals surface area contributed by atoms with Gasteiger partial charge in [-0.2, -0.15) is 0 Å². The van der Waals surface area contributed by atoms with Gasteiger partial charge in [0.1, 0.15) is 12.6 Å². The van der Waals surface area contributed by atoms with Crippen molar-refractivity contribution in [2.75, 3.05) is 23.4 Å². The highest BCUT2D eigenvalue weighted by atomic mass is 35.5. The summed E-state index contributed by atoms with van der Waals surface area (Å²) in [6, 6.07) is 8.87. The van der Waals surface area contributed by atoms with Crippen LogP contribution in [0.2, 0.25) is 10.0 Å². The third-order valence-corrected chi connectivity index (χ3v) is 9.39. The summed E-state index contributed by atoms with van der Waals surface area (Å²) in [5, 5.41) is 3.87. The zero-order valence-electron chi connectivity index (χ0n) is 22.0. The number of fused-ring (bicyclic) bond motifs is 1. The highest BCUT2D eigenvalue weighted by molar-refractivity contribution is 7.92. The molecule has 1 fully saturated rings. The summed E-state index contributed by atoms with van der Waals surface area (Å²) in [4.78, 5) is 28.8. The minimum absolute atomic E-state index is 0.00653. The number of ether oxygens (including phenoxy) is 2. The van der Waals surface area contributed by atoms with Gasteiger partial charge in [-0.25, -0.2) is 8.42 Å². The molecule has 1 unspecified atom stereocenters. The second-order valence-electron chi connectivity index (χ2n) is 9.62. The first-order chi connectivity index (χ1) is 18.6. The van der Waals surface area contributed by atoms with Gasteiger partial charge in [-0.3, -0.25) is 13.9 Å². The summed E-state index contributed by atoms with van der Waals surface area (Å²) in [6.07, 6.45) is 4.21. The fourth-order valence-corrected chi connectivity index (χ4v) is 6.40. The smallest absolute Gasteiger partial charge is 0.244 e. The van der Waals surface area contributed by atoms with Gasteiger partial charge < -0.3 is 19.7 Å². The molecule has 1 heterocycles. The number of carbonyl (C=O) groups excluding carboxylic acids is 2. The first-order valence-corrected chi connectivity index (χ1v) is 15.4. The van der Waals surface area contributed by atoms with Crippen molar-refractivity contribution in [1.82, 2.24) is 10.2 Å². The summed E-state index contributed by atoms with van der Waals surface area (Å²) in [6.45, 7) is 2.86. The molecule has 0 radical (unpaired) electrons. The van der Waals surface area contributed by atoms with E-state index in [0.717, 1.165) is 30.0 Å². The van der Waals surface area contributed by atoms with E-state index in [1.54, 1.807) is 30.3 Å². The van der Waals surface area contributed by atoms with Crippen LogP contribution in [0.25, 0.3) is 0 Å². The van der Waals surface area contributed by atoms with Crippen LogP contribution < -0.4 is 19.1 Å². The van der Waals surface area contributed by atoms with E-state index in [-0.39, 0.29) is 36.7 Å². The van der Waals surface area contributed by atoms with E-state index >= 15 is 0 Å². The molecule has 1 aliphatic carbocycles. The molecule has 212 valence electrons. The molecule has 4 rings (SSSR count). The molecule has 2 aliphatic rings. The molecule has 0 spiro atoms. The van der Waals surface area contributed by atoms with E-state index in [0.29, 0.717) is 33.5 Å². The molecule has 0 saturated heterocycles. The minimum Gasteiger partial charge on any atom is -0.454 e. The van der Waals surface area contributed by atoms with Crippen molar-refractivity contribution < 1.29 is 27.5 Å². The van der Waals surface area contributed by atoms with Crippen LogP contribution in [0.5, 0.6) is 11.5 Å². The van der Waals surface area contributed by atoms with Gasteiger partial charge in [-0.1, -0.05) is 49.0 Å². The average molecular weight is 599 g/mol. The van der Waals surface area contributed by atoms with Gasteiger partial charge in [-0.05, 0) is 56.0 Å². The number of nitrogens with zero attached hydrogens (tertiary/aromatic N) is 2. The predicted molar refractivity (Wildman–Crippen MR) is 151 cm³/mol. The molecule has 2 aromatic rings. The number of halogens is 2. The Labute approximate surface area is 239 Å². The standard InChI is InChI=1S/C27H33Cl2N3O6S/c1-3-23(27(34)30-20-7-5-6-8-20)31(15-18-9-10-19(28)13-22(18)29)26(33)16-32(39(35,36)4-2)21-11-12-24-25(14-21)38-17-37-24/h9-14,20,23H,3-8,15-17H2,1-2H3,(H,30,34). The van der Waals surface area contributed by atoms with Crippen LogP contribution in [0.4, 0.5) is 5.69 Å². The number of nitrogens with one attached hydrogen (secondary N) is 1. The topological polar surface area (TPSA) is 105 Å². The lowest BCUT2D eigenvalue weighted by Gasteiger charge is -2.34. The molecular formula is C27H33Cl2N3O6S. The largest absolute Gasteiger partial charge is 0.454 e.